The Morgan fingerprint density at radius 2 is 2.07 bits per heavy atom. The van der Waals surface area contributed by atoms with Crippen LogP contribution in [0.1, 0.15) is 34.1 Å². The summed E-state index contributed by atoms with van der Waals surface area (Å²) in [5, 5.41) is 7.76. The second-order valence-corrected chi connectivity index (χ2v) is 8.31. The number of amides is 1. The van der Waals surface area contributed by atoms with E-state index >= 15 is 0 Å². The third kappa shape index (κ3) is 3.93. The van der Waals surface area contributed by atoms with E-state index in [0.717, 1.165) is 41.0 Å². The summed E-state index contributed by atoms with van der Waals surface area (Å²) < 4.78 is 6.62. The summed E-state index contributed by atoms with van der Waals surface area (Å²) in [5.74, 6) is -0.0630. The number of pyridine rings is 1. The van der Waals surface area contributed by atoms with E-state index in [9.17, 15) is 9.59 Å². The first-order valence-corrected chi connectivity index (χ1v) is 10.3. The lowest BCUT2D eigenvalue weighted by atomic mass is 9.88. The Labute approximate surface area is 172 Å². The zero-order chi connectivity index (χ0) is 20.4. The highest BCUT2D eigenvalue weighted by Gasteiger charge is 2.29. The Balaban J connectivity index is 1.57. The fourth-order valence-corrected chi connectivity index (χ4v) is 5.10. The second-order valence-electron chi connectivity index (χ2n) is 7.21. The maximum absolute atomic E-state index is 12.8. The molecule has 0 aliphatic heterocycles. The van der Waals surface area contributed by atoms with Gasteiger partial charge in [0.1, 0.15) is 11.5 Å². The highest BCUT2D eigenvalue weighted by atomic mass is 32.1. The van der Waals surface area contributed by atoms with Gasteiger partial charge in [-0.2, -0.15) is 5.10 Å². The van der Waals surface area contributed by atoms with Crippen LogP contribution in [0.3, 0.4) is 0 Å². The van der Waals surface area contributed by atoms with Gasteiger partial charge in [-0.25, -0.2) is 4.79 Å². The lowest BCUT2D eigenvalue weighted by molar-refractivity contribution is -0.116. The summed E-state index contributed by atoms with van der Waals surface area (Å²) in [5.41, 5.74) is 3.28. The molecule has 0 aromatic carbocycles. The predicted octanol–water partition coefficient (Wildman–Crippen LogP) is 3.56. The lowest BCUT2D eigenvalue weighted by Crippen LogP contribution is -2.21. The molecular formula is C21H22N4O3S. The largest absolute Gasteiger partial charge is 0.465 e. The SMILES string of the molecule is COC(=O)c1c(NC(=O)Cn2nccc2-c2ccncc2)sc2c1CCC(C)C2. The quantitative estimate of drug-likeness (QED) is 0.650. The zero-order valence-electron chi connectivity index (χ0n) is 16.3. The van der Waals surface area contributed by atoms with Gasteiger partial charge >= 0.3 is 5.97 Å². The van der Waals surface area contributed by atoms with Crippen LogP contribution >= 0.6 is 11.3 Å². The molecular weight excluding hydrogens is 388 g/mol. The van der Waals surface area contributed by atoms with Crippen LogP contribution in [-0.4, -0.2) is 33.8 Å². The van der Waals surface area contributed by atoms with Crippen molar-refractivity contribution in [1.82, 2.24) is 14.8 Å². The molecule has 3 aromatic rings. The van der Waals surface area contributed by atoms with Crippen molar-refractivity contribution in [2.24, 2.45) is 5.92 Å². The van der Waals surface area contributed by atoms with Crippen LogP contribution < -0.4 is 5.32 Å². The first-order chi connectivity index (χ1) is 14.1. The number of thiophene rings is 1. The molecule has 150 valence electrons. The van der Waals surface area contributed by atoms with Crippen molar-refractivity contribution in [3.8, 4) is 11.3 Å². The molecule has 8 heteroatoms. The van der Waals surface area contributed by atoms with Gasteiger partial charge in [0.25, 0.3) is 0 Å². The predicted molar refractivity (Wildman–Crippen MR) is 111 cm³/mol. The smallest absolute Gasteiger partial charge is 0.341 e. The minimum Gasteiger partial charge on any atom is -0.465 e. The number of carbonyl (C=O) groups excluding carboxylic acids is 2. The van der Waals surface area contributed by atoms with Crippen molar-refractivity contribution in [2.45, 2.75) is 32.7 Å². The minimum absolute atomic E-state index is 0.0459. The molecule has 1 aliphatic rings. The Morgan fingerprint density at radius 1 is 1.28 bits per heavy atom. The van der Waals surface area contributed by atoms with E-state index in [1.54, 1.807) is 23.3 Å². The summed E-state index contributed by atoms with van der Waals surface area (Å²) in [4.78, 5) is 30.4. The van der Waals surface area contributed by atoms with E-state index in [1.165, 1.54) is 18.4 Å². The highest BCUT2D eigenvalue weighted by Crippen LogP contribution is 2.40. The molecule has 0 bridgehead atoms. The number of fused-ring (bicyclic) bond motifs is 1. The van der Waals surface area contributed by atoms with Gasteiger partial charge in [0.15, 0.2) is 0 Å². The Kier molecular flexibility index (Phi) is 5.44. The molecule has 1 N–H and O–H groups in total. The van der Waals surface area contributed by atoms with Crippen molar-refractivity contribution < 1.29 is 14.3 Å². The average molecular weight is 410 g/mol. The van der Waals surface area contributed by atoms with Crippen LogP contribution in [0.5, 0.6) is 0 Å². The summed E-state index contributed by atoms with van der Waals surface area (Å²) >= 11 is 1.48. The number of hydrogen-bond donors (Lipinski definition) is 1. The third-order valence-electron chi connectivity index (χ3n) is 5.14. The number of aromatic nitrogens is 3. The zero-order valence-corrected chi connectivity index (χ0v) is 17.2. The maximum atomic E-state index is 12.8. The minimum atomic E-state index is -0.399. The number of hydrogen-bond acceptors (Lipinski definition) is 6. The summed E-state index contributed by atoms with van der Waals surface area (Å²) in [6.45, 7) is 2.25. The van der Waals surface area contributed by atoms with Crippen molar-refractivity contribution in [1.29, 1.82) is 0 Å². The molecule has 3 heterocycles. The van der Waals surface area contributed by atoms with Gasteiger partial charge < -0.3 is 10.1 Å². The van der Waals surface area contributed by atoms with Crippen LogP contribution in [0.2, 0.25) is 0 Å². The van der Waals surface area contributed by atoms with Gasteiger partial charge in [0, 0.05) is 29.0 Å². The van der Waals surface area contributed by atoms with E-state index in [-0.39, 0.29) is 12.5 Å². The van der Waals surface area contributed by atoms with Crippen molar-refractivity contribution in [3.05, 3.63) is 52.8 Å². The molecule has 0 fully saturated rings. The van der Waals surface area contributed by atoms with Gasteiger partial charge in [-0.1, -0.05) is 6.92 Å². The second kappa shape index (κ2) is 8.16. The Morgan fingerprint density at radius 3 is 2.83 bits per heavy atom. The van der Waals surface area contributed by atoms with Crippen molar-refractivity contribution in [3.63, 3.8) is 0 Å². The molecule has 4 rings (SSSR count). The number of anilines is 1. The van der Waals surface area contributed by atoms with Crippen LogP contribution in [0.4, 0.5) is 5.00 Å². The molecule has 0 spiro atoms. The van der Waals surface area contributed by atoms with Gasteiger partial charge in [-0.3, -0.25) is 14.5 Å². The fourth-order valence-electron chi connectivity index (χ4n) is 3.69. The lowest BCUT2D eigenvalue weighted by Gasteiger charge is -2.18. The topological polar surface area (TPSA) is 86.1 Å². The van der Waals surface area contributed by atoms with E-state index in [2.05, 4.69) is 22.3 Å². The van der Waals surface area contributed by atoms with Crippen LogP contribution in [-0.2, 0) is 28.9 Å². The van der Waals surface area contributed by atoms with Crippen LogP contribution in [0.25, 0.3) is 11.3 Å². The molecule has 1 aliphatic carbocycles. The number of carbonyl (C=O) groups is 2. The molecule has 1 unspecified atom stereocenters. The normalized spacial score (nSPS) is 15.6. The molecule has 0 saturated carbocycles. The summed E-state index contributed by atoms with van der Waals surface area (Å²) in [6, 6.07) is 5.60. The Bertz CT molecular complexity index is 1040. The van der Waals surface area contributed by atoms with Gasteiger partial charge in [0.2, 0.25) is 5.91 Å². The molecule has 1 amide bonds. The number of methoxy groups -OCH3 is 1. The number of nitrogens with one attached hydrogen (secondary N) is 1. The monoisotopic (exact) mass is 410 g/mol. The number of ether oxygens (including phenoxy) is 1. The molecule has 0 saturated heterocycles. The number of nitrogens with zero attached hydrogens (tertiary/aromatic N) is 3. The van der Waals surface area contributed by atoms with Gasteiger partial charge in [0.05, 0.1) is 18.4 Å². The first kappa shape index (κ1) is 19.3. The molecule has 1 atom stereocenters. The third-order valence-corrected chi connectivity index (χ3v) is 6.31. The first-order valence-electron chi connectivity index (χ1n) is 9.51. The Hall–Kier alpha value is -3.00. The van der Waals surface area contributed by atoms with Crippen LogP contribution in [0.15, 0.2) is 36.8 Å². The molecule has 3 aromatic heterocycles. The number of rotatable bonds is 5. The average Bonchev–Trinajstić information content (AvgIpc) is 3.31. The summed E-state index contributed by atoms with van der Waals surface area (Å²) in [6.07, 6.45) is 7.85. The van der Waals surface area contributed by atoms with E-state index < -0.39 is 5.97 Å². The standard InChI is InChI=1S/C21H22N4O3S/c1-13-3-4-15-17(11-13)29-20(19(15)21(27)28-2)24-18(26)12-25-16(7-10-23-25)14-5-8-22-9-6-14/h5-10,13H,3-4,11-12H2,1-2H3,(H,24,26). The summed E-state index contributed by atoms with van der Waals surface area (Å²) in [7, 11) is 1.37. The molecule has 0 radical (unpaired) electrons. The van der Waals surface area contributed by atoms with Gasteiger partial charge in [-0.15, -0.1) is 11.3 Å². The van der Waals surface area contributed by atoms with Crippen molar-refractivity contribution >= 4 is 28.2 Å². The van der Waals surface area contributed by atoms with E-state index in [1.807, 2.05) is 18.2 Å². The number of esters is 1. The van der Waals surface area contributed by atoms with Crippen LogP contribution in [0, 0.1) is 5.92 Å². The highest BCUT2D eigenvalue weighted by molar-refractivity contribution is 7.17. The van der Waals surface area contributed by atoms with Crippen molar-refractivity contribution in [2.75, 3.05) is 12.4 Å². The molecule has 7 nitrogen and oxygen atoms in total. The maximum Gasteiger partial charge on any atom is 0.341 e. The molecule has 29 heavy (non-hydrogen) atoms. The van der Waals surface area contributed by atoms with Gasteiger partial charge in [-0.05, 0) is 48.9 Å². The van der Waals surface area contributed by atoms with E-state index in [0.29, 0.717) is 16.5 Å². The van der Waals surface area contributed by atoms with E-state index in [4.69, 9.17) is 4.74 Å². The fraction of sp³-hybridized carbons (Fsp3) is 0.333.